The molecule has 0 saturated carbocycles. The van der Waals surface area contributed by atoms with Crippen LogP contribution in [0.4, 0.5) is 0 Å². The van der Waals surface area contributed by atoms with E-state index in [2.05, 4.69) is 24.4 Å². The fourth-order valence-corrected chi connectivity index (χ4v) is 0. The molecule has 9 heteroatoms. The minimum absolute atomic E-state index is 0. The van der Waals surface area contributed by atoms with Crippen molar-refractivity contribution in [2.24, 2.45) is 0 Å². The number of carboxylic acids is 1. The molecule has 0 saturated heterocycles. The molecule has 0 aliphatic carbocycles. The van der Waals surface area contributed by atoms with Crippen LogP contribution in [0.25, 0.3) is 0 Å². The van der Waals surface area contributed by atoms with Crippen molar-refractivity contribution in [1.29, 1.82) is 0 Å². The first-order chi connectivity index (χ1) is 4.27. The maximum absolute atomic E-state index is 9.29. The Hall–Kier alpha value is 1.99. The van der Waals surface area contributed by atoms with Crippen molar-refractivity contribution in [3.8, 4) is 0 Å². The summed E-state index contributed by atoms with van der Waals surface area (Å²) in [6.45, 7) is -4.06. The van der Waals surface area contributed by atoms with Gasteiger partial charge in [-0.25, -0.2) is 0 Å². The van der Waals surface area contributed by atoms with E-state index in [0.29, 0.717) is 0 Å². The molecule has 5 nitrogen and oxygen atoms in total. The molecule has 62 valence electrons. The van der Waals surface area contributed by atoms with E-state index in [-0.39, 0.29) is 57.1 Å². The van der Waals surface area contributed by atoms with Crippen molar-refractivity contribution in [3.63, 3.8) is 0 Å². The molecular weight excluding hydrogens is 238 g/mol. The van der Waals surface area contributed by atoms with Crippen LogP contribution in [-0.2, 0) is 16.6 Å². The van der Waals surface area contributed by atoms with Gasteiger partial charge in [0, 0.05) is 0 Å². The zero-order chi connectivity index (χ0) is 8.78. The molecule has 0 amide bonds. The average molecular weight is 244 g/mol. The number of hydrogen-bond donors (Lipinski definition) is 4. The molecule has 0 atom stereocenters. The van der Waals surface area contributed by atoms with Gasteiger partial charge in [0.25, 0.3) is 0 Å². The van der Waals surface area contributed by atoms with Gasteiger partial charge in [0.15, 0.2) is 0 Å². The van der Waals surface area contributed by atoms with Crippen molar-refractivity contribution in [3.05, 3.63) is 0 Å². The predicted octanol–water partition coefficient (Wildman–Crippen LogP) is -4.44. The number of rotatable bonds is 1. The Balaban J connectivity index is -0.000000107. The van der Waals surface area contributed by atoms with E-state index >= 15 is 0 Å². The number of carbonyl (C=O) groups is 1. The predicted molar refractivity (Wildman–Crippen MR) is 40.2 cm³/mol. The van der Waals surface area contributed by atoms with Crippen LogP contribution in [0.2, 0.25) is 0 Å². The van der Waals surface area contributed by atoms with Crippen LogP contribution in [0.5, 0.6) is 0 Å². The summed E-state index contributed by atoms with van der Waals surface area (Å²) >= 11 is 6.91. The van der Waals surface area contributed by atoms with E-state index in [1.165, 1.54) is 0 Å². The third kappa shape index (κ3) is 75.2. The van der Waals surface area contributed by atoms with Crippen molar-refractivity contribution in [1.82, 2.24) is 0 Å². The van der Waals surface area contributed by atoms with Gasteiger partial charge in [0.2, 0.25) is 0 Å². The SMILES string of the molecule is O=C(O)CS.[K+].[O-]P(O)(O)=S. The van der Waals surface area contributed by atoms with Gasteiger partial charge in [0.1, 0.15) is 6.72 Å². The molecule has 0 bridgehead atoms. The Morgan fingerprint density at radius 2 is 1.73 bits per heavy atom. The Labute approximate surface area is 117 Å². The molecule has 0 aromatic rings. The maximum Gasteiger partial charge on any atom is 1.00 e. The summed E-state index contributed by atoms with van der Waals surface area (Å²) in [7, 11) is 0. The van der Waals surface area contributed by atoms with Gasteiger partial charge < -0.3 is 19.8 Å². The summed E-state index contributed by atoms with van der Waals surface area (Å²) in [5, 5.41) is 7.65. The van der Waals surface area contributed by atoms with Crippen molar-refractivity contribution in [2.75, 3.05) is 5.75 Å². The molecule has 0 spiro atoms. The normalized spacial score (nSPS) is 8.73. The maximum atomic E-state index is 9.29. The van der Waals surface area contributed by atoms with Crippen LogP contribution in [0, 0.1) is 0 Å². The zero-order valence-corrected chi connectivity index (χ0v) is 11.4. The zero-order valence-electron chi connectivity index (χ0n) is 5.67. The minimum atomic E-state index is -4.06. The number of hydrogen-bond acceptors (Lipinski definition) is 4. The summed E-state index contributed by atoms with van der Waals surface area (Å²) in [5.74, 6) is -0.965. The van der Waals surface area contributed by atoms with Crippen LogP contribution < -0.4 is 56.3 Å². The molecule has 0 aliphatic heterocycles. The Kier molecular flexibility index (Phi) is 17.1. The minimum Gasteiger partial charge on any atom is -0.780 e. The summed E-state index contributed by atoms with van der Waals surface area (Å²) in [6, 6.07) is 0. The Bertz CT molecular complexity index is 137. The summed E-state index contributed by atoms with van der Waals surface area (Å²) in [6.07, 6.45) is 0. The second-order valence-electron chi connectivity index (χ2n) is 1.04. The van der Waals surface area contributed by atoms with Gasteiger partial charge in [0.05, 0.1) is 5.75 Å². The van der Waals surface area contributed by atoms with Gasteiger partial charge in [-0.3, -0.25) is 4.79 Å². The van der Waals surface area contributed by atoms with Gasteiger partial charge >= 0.3 is 57.4 Å². The summed E-state index contributed by atoms with van der Waals surface area (Å²) in [5.41, 5.74) is 0. The van der Waals surface area contributed by atoms with E-state index in [1.807, 2.05) is 0 Å². The largest absolute Gasteiger partial charge is 1.00 e. The third-order valence-electron chi connectivity index (χ3n) is 0.135. The van der Waals surface area contributed by atoms with Gasteiger partial charge in [-0.1, -0.05) is 11.8 Å². The van der Waals surface area contributed by atoms with Crippen molar-refractivity contribution >= 4 is 37.1 Å². The number of aliphatic carboxylic acids is 1. The molecule has 11 heavy (non-hydrogen) atoms. The molecule has 0 rings (SSSR count). The topological polar surface area (TPSA) is 101 Å². The first kappa shape index (κ1) is 18.7. The van der Waals surface area contributed by atoms with E-state index in [9.17, 15) is 4.79 Å². The second-order valence-corrected chi connectivity index (χ2v) is 3.77. The molecule has 0 radical (unpaired) electrons. The quantitative estimate of drug-likeness (QED) is 0.211. The summed E-state index contributed by atoms with van der Waals surface area (Å²) < 4.78 is 0. The molecule has 0 aromatic heterocycles. The molecule has 0 aromatic carbocycles. The number of thiol groups is 1. The first-order valence-electron chi connectivity index (χ1n) is 1.86. The fraction of sp³-hybridized carbons (Fsp3) is 0.500. The van der Waals surface area contributed by atoms with Crippen LogP contribution in [0.3, 0.4) is 0 Å². The average Bonchev–Trinajstić information content (AvgIpc) is 1.61. The van der Waals surface area contributed by atoms with Crippen molar-refractivity contribution < 1.29 is 76.0 Å². The standard InChI is InChI=1S/C2H4O2S.K.H3O3PS/c3-2(4)1-5;;1-4(2,3)5/h5H,1H2,(H,3,4);;(H3,1,2,3,5)/q;+1;/p-1. The van der Waals surface area contributed by atoms with Crippen molar-refractivity contribution in [2.45, 2.75) is 0 Å². The van der Waals surface area contributed by atoms with Crippen LogP contribution in [-0.4, -0.2) is 26.6 Å². The van der Waals surface area contributed by atoms with Crippen LogP contribution in [0.15, 0.2) is 0 Å². The first-order valence-corrected chi connectivity index (χ1v) is 5.12. The molecule has 0 unspecified atom stereocenters. The molecule has 0 fully saturated rings. The molecular formula is C2H6KO5PS2. The van der Waals surface area contributed by atoms with E-state index in [1.54, 1.807) is 0 Å². The van der Waals surface area contributed by atoms with Gasteiger partial charge in [-0.2, -0.15) is 12.6 Å². The third-order valence-corrected chi connectivity index (χ3v) is 0.406. The molecule has 3 N–H and O–H groups in total. The molecule has 0 heterocycles. The van der Waals surface area contributed by atoms with Crippen LogP contribution in [0.1, 0.15) is 0 Å². The monoisotopic (exact) mass is 244 g/mol. The Morgan fingerprint density at radius 3 is 1.73 bits per heavy atom. The second kappa shape index (κ2) is 10.1. The van der Waals surface area contributed by atoms with Crippen LogP contribution >= 0.6 is 19.3 Å². The molecule has 0 aliphatic rings. The smallest absolute Gasteiger partial charge is 0.780 e. The van der Waals surface area contributed by atoms with Gasteiger partial charge in [-0.15, -0.1) is 0 Å². The summed E-state index contributed by atoms with van der Waals surface area (Å²) in [4.78, 5) is 33.3. The fourth-order valence-electron chi connectivity index (χ4n) is 0. The van der Waals surface area contributed by atoms with E-state index in [4.69, 9.17) is 19.8 Å². The van der Waals surface area contributed by atoms with E-state index in [0.717, 1.165) is 0 Å². The number of carboxylic acid groups (broad SMARTS) is 1. The van der Waals surface area contributed by atoms with E-state index < -0.39 is 12.7 Å². The Morgan fingerprint density at radius 1 is 1.64 bits per heavy atom. The van der Waals surface area contributed by atoms with Gasteiger partial charge in [-0.05, 0) is 0 Å².